The van der Waals surface area contributed by atoms with E-state index in [1.54, 1.807) is 36.4 Å². The first kappa shape index (κ1) is 17.3. The van der Waals surface area contributed by atoms with Crippen LogP contribution in [0.3, 0.4) is 0 Å². The van der Waals surface area contributed by atoms with E-state index in [0.29, 0.717) is 29.2 Å². The highest BCUT2D eigenvalue weighted by atomic mass is 16.1. The molecule has 0 radical (unpaired) electrons. The van der Waals surface area contributed by atoms with Gasteiger partial charge < -0.3 is 22.2 Å². The Balaban J connectivity index is 2.09. The molecule has 0 saturated heterocycles. The summed E-state index contributed by atoms with van der Waals surface area (Å²) in [6.45, 7) is 2.04. The van der Waals surface area contributed by atoms with Crippen LogP contribution in [0.5, 0.6) is 0 Å². The molecule has 6 N–H and O–H groups in total. The van der Waals surface area contributed by atoms with Crippen LogP contribution in [-0.4, -0.2) is 11.6 Å². The standard InChI is InChI=1S/C19H22N4O/c1-2-3-17(21)13-4-10-18(22)14(12-13)5-11-19(24)23-16-8-6-15(20)7-9-16/h4-12,21H,2-3,20,22H2,1H3,(H,23,24). The number of carbonyl (C=O) groups excluding carboxylic acids is 1. The maximum atomic E-state index is 12.0. The van der Waals surface area contributed by atoms with Gasteiger partial charge in [0.2, 0.25) is 5.91 Å². The molecule has 24 heavy (non-hydrogen) atoms. The third kappa shape index (κ3) is 4.71. The largest absolute Gasteiger partial charge is 0.399 e. The van der Waals surface area contributed by atoms with Crippen LogP contribution in [0.2, 0.25) is 0 Å². The van der Waals surface area contributed by atoms with Gasteiger partial charge in [-0.05, 0) is 60.0 Å². The van der Waals surface area contributed by atoms with Gasteiger partial charge >= 0.3 is 0 Å². The Kier molecular flexibility index (Phi) is 5.73. The normalized spacial score (nSPS) is 10.7. The average molecular weight is 322 g/mol. The number of nitrogens with two attached hydrogens (primary N) is 2. The minimum absolute atomic E-state index is 0.256. The van der Waals surface area contributed by atoms with Crippen molar-refractivity contribution in [2.45, 2.75) is 19.8 Å². The predicted octanol–water partition coefficient (Wildman–Crippen LogP) is 3.67. The molecule has 0 saturated carbocycles. The molecule has 0 fully saturated rings. The molecule has 2 aromatic carbocycles. The number of hydrogen-bond donors (Lipinski definition) is 4. The molecule has 0 atom stereocenters. The Morgan fingerprint density at radius 2 is 1.88 bits per heavy atom. The first-order chi connectivity index (χ1) is 11.5. The van der Waals surface area contributed by atoms with E-state index in [9.17, 15) is 4.79 Å². The van der Waals surface area contributed by atoms with Gasteiger partial charge in [0.15, 0.2) is 0 Å². The summed E-state index contributed by atoms with van der Waals surface area (Å²) in [6.07, 6.45) is 4.71. The molecule has 0 bridgehead atoms. The lowest BCUT2D eigenvalue weighted by molar-refractivity contribution is -0.111. The van der Waals surface area contributed by atoms with Gasteiger partial charge in [0, 0.05) is 28.8 Å². The molecule has 0 aromatic heterocycles. The number of nitrogens with one attached hydrogen (secondary N) is 2. The van der Waals surface area contributed by atoms with Crippen molar-refractivity contribution in [2.24, 2.45) is 0 Å². The zero-order chi connectivity index (χ0) is 17.5. The molecule has 5 nitrogen and oxygen atoms in total. The van der Waals surface area contributed by atoms with Crippen LogP contribution in [0.1, 0.15) is 30.9 Å². The molecule has 0 spiro atoms. The van der Waals surface area contributed by atoms with E-state index >= 15 is 0 Å². The predicted molar refractivity (Wildman–Crippen MR) is 101 cm³/mol. The van der Waals surface area contributed by atoms with E-state index in [1.807, 2.05) is 19.1 Å². The summed E-state index contributed by atoms with van der Waals surface area (Å²) in [6, 6.07) is 12.3. The molecule has 0 heterocycles. The molecule has 124 valence electrons. The Hall–Kier alpha value is -3.08. The second-order valence-corrected chi connectivity index (χ2v) is 5.52. The number of carbonyl (C=O) groups is 1. The quantitative estimate of drug-likeness (QED) is 0.370. The van der Waals surface area contributed by atoms with Crippen LogP contribution in [0, 0.1) is 5.41 Å². The third-order valence-electron chi connectivity index (χ3n) is 3.53. The number of amides is 1. The second kappa shape index (κ2) is 7.97. The van der Waals surface area contributed by atoms with Crippen LogP contribution in [0.15, 0.2) is 48.5 Å². The van der Waals surface area contributed by atoms with Crippen molar-refractivity contribution in [3.8, 4) is 0 Å². The second-order valence-electron chi connectivity index (χ2n) is 5.52. The highest BCUT2D eigenvalue weighted by Crippen LogP contribution is 2.18. The smallest absolute Gasteiger partial charge is 0.248 e. The van der Waals surface area contributed by atoms with Crippen molar-refractivity contribution < 1.29 is 4.79 Å². The molecule has 5 heteroatoms. The highest BCUT2D eigenvalue weighted by molar-refractivity contribution is 6.03. The summed E-state index contributed by atoms with van der Waals surface area (Å²) in [5.74, 6) is -0.256. The van der Waals surface area contributed by atoms with E-state index in [-0.39, 0.29) is 5.91 Å². The maximum Gasteiger partial charge on any atom is 0.248 e. The molecule has 2 aromatic rings. The van der Waals surface area contributed by atoms with Gasteiger partial charge in [0.05, 0.1) is 0 Å². The molecule has 0 aliphatic rings. The monoisotopic (exact) mass is 322 g/mol. The fraction of sp³-hybridized carbons (Fsp3) is 0.158. The van der Waals surface area contributed by atoms with Gasteiger partial charge in [0.1, 0.15) is 0 Å². The summed E-state index contributed by atoms with van der Waals surface area (Å²) in [4.78, 5) is 12.0. The lowest BCUT2D eigenvalue weighted by atomic mass is 10.0. The van der Waals surface area contributed by atoms with E-state index < -0.39 is 0 Å². The molecule has 0 aliphatic carbocycles. The fourth-order valence-electron chi connectivity index (χ4n) is 2.22. The summed E-state index contributed by atoms with van der Waals surface area (Å²) < 4.78 is 0. The zero-order valence-electron chi connectivity index (χ0n) is 13.7. The summed E-state index contributed by atoms with van der Waals surface area (Å²) >= 11 is 0. The average Bonchev–Trinajstić information content (AvgIpc) is 2.56. The molecule has 2 rings (SSSR count). The van der Waals surface area contributed by atoms with Crippen LogP contribution < -0.4 is 16.8 Å². The molecule has 0 aliphatic heterocycles. The molecule has 0 unspecified atom stereocenters. The Morgan fingerprint density at radius 1 is 1.17 bits per heavy atom. The SMILES string of the molecule is CCCC(=N)c1ccc(N)c(C=CC(=O)Nc2ccc(N)cc2)c1. The topological polar surface area (TPSA) is 105 Å². The minimum atomic E-state index is -0.256. The first-order valence-corrected chi connectivity index (χ1v) is 7.81. The summed E-state index contributed by atoms with van der Waals surface area (Å²) in [7, 11) is 0. The van der Waals surface area contributed by atoms with Gasteiger partial charge in [0.25, 0.3) is 0 Å². The summed E-state index contributed by atoms with van der Waals surface area (Å²) in [5.41, 5.74) is 15.6. The van der Waals surface area contributed by atoms with Crippen LogP contribution >= 0.6 is 0 Å². The molecular formula is C19H22N4O. The Bertz CT molecular complexity index is 763. The van der Waals surface area contributed by atoms with Crippen molar-refractivity contribution in [3.05, 3.63) is 59.7 Å². The van der Waals surface area contributed by atoms with Gasteiger partial charge in [-0.3, -0.25) is 4.79 Å². The van der Waals surface area contributed by atoms with Crippen molar-refractivity contribution in [2.75, 3.05) is 16.8 Å². The van der Waals surface area contributed by atoms with Gasteiger partial charge in [-0.2, -0.15) is 0 Å². The van der Waals surface area contributed by atoms with Gasteiger partial charge in [-0.25, -0.2) is 0 Å². The van der Waals surface area contributed by atoms with Gasteiger partial charge in [-0.15, -0.1) is 0 Å². The van der Waals surface area contributed by atoms with Crippen LogP contribution in [0.25, 0.3) is 6.08 Å². The number of benzene rings is 2. The Morgan fingerprint density at radius 3 is 2.54 bits per heavy atom. The number of anilines is 3. The number of hydrogen-bond acceptors (Lipinski definition) is 4. The maximum absolute atomic E-state index is 12.0. The third-order valence-corrected chi connectivity index (χ3v) is 3.53. The molecular weight excluding hydrogens is 300 g/mol. The lowest BCUT2D eigenvalue weighted by Crippen LogP contribution is -2.07. The first-order valence-electron chi connectivity index (χ1n) is 7.81. The highest BCUT2D eigenvalue weighted by Gasteiger charge is 2.04. The van der Waals surface area contributed by atoms with E-state index in [2.05, 4.69) is 5.32 Å². The zero-order valence-corrected chi connectivity index (χ0v) is 13.7. The minimum Gasteiger partial charge on any atom is -0.399 e. The lowest BCUT2D eigenvalue weighted by Gasteiger charge is -2.07. The van der Waals surface area contributed by atoms with E-state index in [0.717, 1.165) is 17.5 Å². The van der Waals surface area contributed by atoms with Crippen molar-refractivity contribution in [3.63, 3.8) is 0 Å². The van der Waals surface area contributed by atoms with Crippen molar-refractivity contribution in [1.82, 2.24) is 0 Å². The van der Waals surface area contributed by atoms with Crippen LogP contribution in [-0.2, 0) is 4.79 Å². The molecule has 1 amide bonds. The Labute approximate surface area is 141 Å². The fourth-order valence-corrected chi connectivity index (χ4v) is 2.22. The van der Waals surface area contributed by atoms with Crippen molar-refractivity contribution in [1.29, 1.82) is 5.41 Å². The van der Waals surface area contributed by atoms with Crippen molar-refractivity contribution >= 4 is 34.8 Å². The number of rotatable bonds is 6. The van der Waals surface area contributed by atoms with E-state index in [1.165, 1.54) is 6.08 Å². The summed E-state index contributed by atoms with van der Waals surface area (Å²) in [5, 5.41) is 10.8. The number of nitrogen functional groups attached to an aromatic ring is 2. The van der Waals surface area contributed by atoms with Gasteiger partial charge in [-0.1, -0.05) is 19.4 Å². The van der Waals surface area contributed by atoms with E-state index in [4.69, 9.17) is 16.9 Å². The van der Waals surface area contributed by atoms with Crippen LogP contribution in [0.4, 0.5) is 17.1 Å².